The largest absolute Gasteiger partial charge is 0.394 e. The fourth-order valence-corrected chi connectivity index (χ4v) is 4.75. The Hall–Kier alpha value is -1.87. The zero-order valence-corrected chi connectivity index (χ0v) is 16.4. The molecule has 4 rings (SSSR count). The quantitative estimate of drug-likeness (QED) is 0.511. The molecule has 29 heavy (non-hydrogen) atoms. The Bertz CT molecular complexity index is 971. The van der Waals surface area contributed by atoms with Gasteiger partial charge in [-0.05, 0) is 64.6 Å². The smallest absolute Gasteiger partial charge is 0.123 e. The van der Waals surface area contributed by atoms with E-state index in [1.807, 2.05) is 18.2 Å². The number of aryl methyl sites for hydroxylation is 2. The van der Waals surface area contributed by atoms with Crippen LogP contribution in [0.1, 0.15) is 22.8 Å². The van der Waals surface area contributed by atoms with Crippen molar-refractivity contribution in [3.63, 3.8) is 0 Å². The van der Waals surface area contributed by atoms with Crippen molar-refractivity contribution in [1.82, 2.24) is 0 Å². The molecule has 4 N–H and O–H groups in total. The molecular formula is C22H23FO5S. The van der Waals surface area contributed by atoms with Crippen LogP contribution in [0.25, 0.3) is 10.1 Å². The Morgan fingerprint density at radius 3 is 2.41 bits per heavy atom. The van der Waals surface area contributed by atoms with E-state index in [9.17, 15) is 24.8 Å². The van der Waals surface area contributed by atoms with Crippen LogP contribution in [-0.4, -0.2) is 51.4 Å². The second kappa shape index (κ2) is 8.47. The number of benzene rings is 2. The second-order valence-corrected chi connectivity index (χ2v) is 8.30. The molecule has 0 amide bonds. The summed E-state index contributed by atoms with van der Waals surface area (Å²) in [5, 5.41) is 43.0. The summed E-state index contributed by atoms with van der Waals surface area (Å²) in [5.74, 6) is -0.251. The summed E-state index contributed by atoms with van der Waals surface area (Å²) in [4.78, 5) is 0. The molecule has 154 valence electrons. The maximum Gasteiger partial charge on any atom is 0.123 e. The molecule has 5 atom stereocenters. The lowest BCUT2D eigenvalue weighted by Crippen LogP contribution is -2.55. The van der Waals surface area contributed by atoms with Gasteiger partial charge in [-0.3, -0.25) is 0 Å². The van der Waals surface area contributed by atoms with Gasteiger partial charge in [-0.15, -0.1) is 11.3 Å². The van der Waals surface area contributed by atoms with E-state index in [1.54, 1.807) is 23.5 Å². The third-order valence-electron chi connectivity index (χ3n) is 5.49. The first kappa shape index (κ1) is 20.4. The number of hydrogen-bond acceptors (Lipinski definition) is 6. The van der Waals surface area contributed by atoms with Gasteiger partial charge in [0.1, 0.15) is 36.3 Å². The summed E-state index contributed by atoms with van der Waals surface area (Å²) < 4.78 is 19.9. The third-order valence-corrected chi connectivity index (χ3v) is 6.51. The molecule has 3 aromatic rings. The van der Waals surface area contributed by atoms with Crippen LogP contribution < -0.4 is 0 Å². The predicted octanol–water partition coefficient (Wildman–Crippen LogP) is 2.34. The van der Waals surface area contributed by atoms with E-state index in [0.717, 1.165) is 34.1 Å². The average molecular weight is 418 g/mol. The number of rotatable bonds is 5. The number of ether oxygens (including phenoxy) is 1. The predicted molar refractivity (Wildman–Crippen MR) is 108 cm³/mol. The van der Waals surface area contributed by atoms with E-state index in [-0.39, 0.29) is 5.82 Å². The average Bonchev–Trinajstić information content (AvgIpc) is 3.14. The van der Waals surface area contributed by atoms with Crippen molar-refractivity contribution in [1.29, 1.82) is 0 Å². The van der Waals surface area contributed by atoms with Crippen molar-refractivity contribution < 1.29 is 29.6 Å². The topological polar surface area (TPSA) is 90.2 Å². The van der Waals surface area contributed by atoms with Gasteiger partial charge in [-0.25, -0.2) is 4.39 Å². The summed E-state index contributed by atoms with van der Waals surface area (Å²) in [5.41, 5.74) is 2.87. The van der Waals surface area contributed by atoms with Crippen molar-refractivity contribution in [2.45, 2.75) is 43.4 Å². The van der Waals surface area contributed by atoms with E-state index in [1.165, 1.54) is 12.1 Å². The molecule has 0 radical (unpaired) electrons. The number of hydrogen-bond donors (Lipinski definition) is 4. The van der Waals surface area contributed by atoms with Crippen LogP contribution in [0, 0.1) is 5.82 Å². The Labute approximate surface area is 171 Å². The molecular weight excluding hydrogens is 395 g/mol. The molecule has 0 spiro atoms. The first-order valence-electron chi connectivity index (χ1n) is 9.53. The van der Waals surface area contributed by atoms with Crippen LogP contribution in [0.5, 0.6) is 0 Å². The molecule has 2 aromatic carbocycles. The number of thiophene rings is 1. The van der Waals surface area contributed by atoms with Gasteiger partial charge in [-0.2, -0.15) is 0 Å². The monoisotopic (exact) mass is 418 g/mol. The lowest BCUT2D eigenvalue weighted by molar-refractivity contribution is -0.231. The maximum absolute atomic E-state index is 13.1. The summed E-state index contributed by atoms with van der Waals surface area (Å²) in [6.45, 7) is -0.453. The number of halogens is 1. The third kappa shape index (κ3) is 4.07. The zero-order chi connectivity index (χ0) is 20.5. The van der Waals surface area contributed by atoms with Crippen LogP contribution in [0.2, 0.25) is 0 Å². The first-order chi connectivity index (χ1) is 14.0. The van der Waals surface area contributed by atoms with Crippen molar-refractivity contribution in [2.24, 2.45) is 0 Å². The van der Waals surface area contributed by atoms with Gasteiger partial charge in [0.25, 0.3) is 0 Å². The van der Waals surface area contributed by atoms with Crippen molar-refractivity contribution in [3.8, 4) is 0 Å². The highest BCUT2D eigenvalue weighted by Gasteiger charge is 2.43. The van der Waals surface area contributed by atoms with Gasteiger partial charge in [0.05, 0.1) is 6.61 Å². The fourth-order valence-electron chi connectivity index (χ4n) is 3.78. The van der Waals surface area contributed by atoms with Gasteiger partial charge in [0.2, 0.25) is 0 Å². The Morgan fingerprint density at radius 1 is 0.931 bits per heavy atom. The number of aliphatic hydroxyl groups excluding tert-OH is 4. The van der Waals surface area contributed by atoms with E-state index in [0.29, 0.717) is 5.56 Å². The van der Waals surface area contributed by atoms with Gasteiger partial charge >= 0.3 is 0 Å². The van der Waals surface area contributed by atoms with Crippen LogP contribution in [0.3, 0.4) is 0 Å². The van der Waals surface area contributed by atoms with E-state index < -0.39 is 37.1 Å². The van der Waals surface area contributed by atoms with Crippen LogP contribution in [0.4, 0.5) is 4.39 Å². The second-order valence-electron chi connectivity index (χ2n) is 7.39. The van der Waals surface area contributed by atoms with Crippen LogP contribution in [0.15, 0.2) is 47.8 Å². The molecule has 1 aliphatic rings. The van der Waals surface area contributed by atoms with E-state index in [2.05, 4.69) is 5.38 Å². The fraction of sp³-hybridized carbons (Fsp3) is 0.364. The highest BCUT2D eigenvalue weighted by molar-refractivity contribution is 7.17. The Morgan fingerprint density at radius 2 is 1.69 bits per heavy atom. The summed E-state index contributed by atoms with van der Waals surface area (Å²) >= 11 is 1.62. The molecule has 5 nitrogen and oxygen atoms in total. The van der Waals surface area contributed by atoms with E-state index >= 15 is 0 Å². The summed E-state index contributed by atoms with van der Waals surface area (Å²) in [6, 6.07) is 12.2. The maximum atomic E-state index is 13.1. The minimum absolute atomic E-state index is 0.251. The molecule has 1 fully saturated rings. The summed E-state index contributed by atoms with van der Waals surface area (Å²) in [6.07, 6.45) is -4.30. The Balaban J connectivity index is 1.58. The van der Waals surface area contributed by atoms with Crippen molar-refractivity contribution in [2.75, 3.05) is 6.61 Å². The molecule has 1 aliphatic heterocycles. The van der Waals surface area contributed by atoms with Gasteiger partial charge < -0.3 is 25.2 Å². The molecule has 0 bridgehead atoms. The highest BCUT2D eigenvalue weighted by Crippen LogP contribution is 2.36. The molecule has 2 heterocycles. The highest BCUT2D eigenvalue weighted by atomic mass is 32.1. The molecule has 7 heteroatoms. The lowest BCUT2D eigenvalue weighted by atomic mass is 9.90. The lowest BCUT2D eigenvalue weighted by Gasteiger charge is -2.40. The molecule has 1 saturated heterocycles. The Kier molecular flexibility index (Phi) is 5.96. The van der Waals surface area contributed by atoms with Crippen LogP contribution in [-0.2, 0) is 17.6 Å². The zero-order valence-electron chi connectivity index (χ0n) is 15.6. The SMILES string of the molecule is OC[C@H]1O[C@@H](c2ccc3scc(CCc4ccc(F)cc4)c3c2)[C@H](O)[C@@H](O)[C@@H]1O. The van der Waals surface area contributed by atoms with Crippen molar-refractivity contribution in [3.05, 3.63) is 70.4 Å². The van der Waals surface area contributed by atoms with Gasteiger partial charge in [0, 0.05) is 4.70 Å². The minimum atomic E-state index is -1.40. The van der Waals surface area contributed by atoms with Crippen LogP contribution >= 0.6 is 11.3 Å². The first-order valence-corrected chi connectivity index (χ1v) is 10.4. The molecule has 0 aliphatic carbocycles. The summed E-state index contributed by atoms with van der Waals surface area (Å²) in [7, 11) is 0. The normalized spacial score (nSPS) is 27.4. The number of fused-ring (bicyclic) bond motifs is 1. The molecule has 0 saturated carbocycles. The molecule has 1 aromatic heterocycles. The van der Waals surface area contributed by atoms with Crippen molar-refractivity contribution >= 4 is 21.4 Å². The van der Waals surface area contributed by atoms with E-state index in [4.69, 9.17) is 4.74 Å². The number of aliphatic hydroxyl groups is 4. The van der Waals surface area contributed by atoms with Gasteiger partial charge in [-0.1, -0.05) is 18.2 Å². The van der Waals surface area contributed by atoms with Gasteiger partial charge in [0.15, 0.2) is 0 Å². The minimum Gasteiger partial charge on any atom is -0.394 e. The molecule has 0 unspecified atom stereocenters. The standard InChI is InChI=1S/C22H23FO5S/c23-15-6-2-12(3-7-15)1-4-14-11-29-18-8-5-13(9-16(14)18)22-21(27)20(26)19(25)17(10-24)28-22/h2-3,5-9,11,17,19-22,24-27H,1,4,10H2/t17-,19-,20+,21-,22+/m1/s1.